The number of carbonyl (C=O) groups excluding carboxylic acids is 1. The van der Waals surface area contributed by atoms with Crippen LogP contribution >= 0.6 is 23.6 Å². The summed E-state index contributed by atoms with van der Waals surface area (Å²) in [6.07, 6.45) is 5.81. The van der Waals surface area contributed by atoms with Gasteiger partial charge in [-0.15, -0.1) is 11.3 Å². The predicted molar refractivity (Wildman–Crippen MR) is 114 cm³/mol. The van der Waals surface area contributed by atoms with Crippen LogP contribution in [0.5, 0.6) is 0 Å². The fourth-order valence-electron chi connectivity index (χ4n) is 3.72. The number of allylic oxidation sites excluding steroid dienone is 2. The van der Waals surface area contributed by atoms with E-state index in [0.717, 1.165) is 29.2 Å². The normalized spacial score (nSPS) is 19.4. The molecule has 1 aliphatic carbocycles. The minimum absolute atomic E-state index is 0.0397. The quantitative estimate of drug-likeness (QED) is 0.477. The molecular formula is C20H23N5OS2. The van der Waals surface area contributed by atoms with Gasteiger partial charge in [0.1, 0.15) is 0 Å². The van der Waals surface area contributed by atoms with Crippen LogP contribution in [0.2, 0.25) is 0 Å². The van der Waals surface area contributed by atoms with E-state index in [2.05, 4.69) is 33.7 Å². The maximum Gasteiger partial charge on any atom is 0.224 e. The minimum Gasteiger partial charge on any atom is -0.349 e. The van der Waals surface area contributed by atoms with Crippen LogP contribution in [0.25, 0.3) is 10.2 Å². The second-order valence-corrected chi connectivity index (χ2v) is 8.75. The third-order valence-corrected chi connectivity index (χ3v) is 6.57. The Balaban J connectivity index is 1.52. The zero-order valence-corrected chi connectivity index (χ0v) is 17.5. The van der Waals surface area contributed by atoms with Crippen molar-refractivity contribution >= 4 is 39.7 Å². The van der Waals surface area contributed by atoms with Crippen molar-refractivity contribution in [2.75, 3.05) is 0 Å². The summed E-state index contributed by atoms with van der Waals surface area (Å²) >= 11 is 6.97. The minimum atomic E-state index is -0.125. The van der Waals surface area contributed by atoms with Crippen LogP contribution < -0.4 is 5.32 Å². The molecule has 0 fully saturated rings. The van der Waals surface area contributed by atoms with Gasteiger partial charge in [0.05, 0.1) is 27.7 Å². The molecule has 2 unspecified atom stereocenters. The van der Waals surface area contributed by atoms with E-state index in [0.29, 0.717) is 11.3 Å². The molecule has 6 nitrogen and oxygen atoms in total. The van der Waals surface area contributed by atoms with E-state index in [4.69, 9.17) is 17.2 Å². The predicted octanol–water partition coefficient (Wildman–Crippen LogP) is 4.50. The Morgan fingerprint density at radius 3 is 2.93 bits per heavy atom. The van der Waals surface area contributed by atoms with Crippen LogP contribution in [0.4, 0.5) is 0 Å². The lowest BCUT2D eigenvalue weighted by Crippen LogP contribution is -2.35. The Bertz CT molecular complexity index is 1040. The van der Waals surface area contributed by atoms with Crippen LogP contribution in [0.1, 0.15) is 49.5 Å². The lowest BCUT2D eigenvalue weighted by molar-refractivity contribution is -0.126. The van der Waals surface area contributed by atoms with Gasteiger partial charge in [-0.1, -0.05) is 24.3 Å². The third-order valence-electron chi connectivity index (χ3n) is 5.11. The number of aromatic amines is 1. The Labute approximate surface area is 172 Å². The number of carbonyl (C=O) groups is 1. The van der Waals surface area contributed by atoms with Gasteiger partial charge in [0.15, 0.2) is 10.6 Å². The first-order valence-corrected chi connectivity index (χ1v) is 10.7. The lowest BCUT2D eigenvalue weighted by atomic mass is 9.82. The van der Waals surface area contributed by atoms with Crippen molar-refractivity contribution in [1.29, 1.82) is 0 Å². The molecule has 2 heterocycles. The second-order valence-electron chi connectivity index (χ2n) is 7.30. The van der Waals surface area contributed by atoms with E-state index in [-0.39, 0.29) is 23.8 Å². The van der Waals surface area contributed by atoms with Gasteiger partial charge in [-0.3, -0.25) is 9.89 Å². The molecule has 1 aromatic carbocycles. The van der Waals surface area contributed by atoms with E-state index in [1.165, 1.54) is 4.70 Å². The summed E-state index contributed by atoms with van der Waals surface area (Å²) in [7, 11) is 0. The summed E-state index contributed by atoms with van der Waals surface area (Å²) in [5, 5.41) is 11.2. The topological polar surface area (TPSA) is 75.6 Å². The number of hydrogen-bond donors (Lipinski definition) is 2. The number of nitrogens with zero attached hydrogens (tertiary/aromatic N) is 3. The molecule has 1 aliphatic rings. The van der Waals surface area contributed by atoms with Crippen LogP contribution in [-0.2, 0) is 11.3 Å². The standard InChI is InChI=1S/C20H23N5OS2/c1-12(2)25-17(23-24-20(25)27)11-21-18(26)13-7-3-4-8-14(13)19-22-15-9-5-6-10-16(15)28-19/h3-6,9-10,12-14H,7-8,11H2,1-2H3,(H,21,26)(H,24,27). The summed E-state index contributed by atoms with van der Waals surface area (Å²) in [5.74, 6) is 0.766. The first-order valence-electron chi connectivity index (χ1n) is 9.48. The number of para-hydroxylation sites is 1. The zero-order chi connectivity index (χ0) is 19.7. The van der Waals surface area contributed by atoms with Crippen molar-refractivity contribution in [2.45, 2.75) is 45.2 Å². The molecule has 2 atom stereocenters. The molecule has 1 amide bonds. The molecule has 28 heavy (non-hydrogen) atoms. The Hall–Kier alpha value is -2.32. The maximum atomic E-state index is 13.0. The first kappa shape index (κ1) is 19.0. The van der Waals surface area contributed by atoms with Gasteiger partial charge in [0.25, 0.3) is 0 Å². The second kappa shape index (κ2) is 7.97. The summed E-state index contributed by atoms with van der Waals surface area (Å²) < 4.78 is 3.67. The molecule has 0 aliphatic heterocycles. The SMILES string of the molecule is CC(C)n1c(CNC(=O)C2CC=CCC2c2nc3ccccc3s2)n[nH]c1=S. The van der Waals surface area contributed by atoms with Gasteiger partial charge >= 0.3 is 0 Å². The van der Waals surface area contributed by atoms with Crippen LogP contribution in [0.15, 0.2) is 36.4 Å². The van der Waals surface area contributed by atoms with Gasteiger partial charge in [0.2, 0.25) is 5.91 Å². The van der Waals surface area contributed by atoms with Crippen molar-refractivity contribution in [2.24, 2.45) is 5.92 Å². The molecule has 0 bridgehead atoms. The monoisotopic (exact) mass is 413 g/mol. The summed E-state index contributed by atoms with van der Waals surface area (Å²) in [4.78, 5) is 17.8. The summed E-state index contributed by atoms with van der Waals surface area (Å²) in [6.45, 7) is 4.45. The highest BCUT2D eigenvalue weighted by atomic mass is 32.1. The van der Waals surface area contributed by atoms with Gasteiger partial charge < -0.3 is 9.88 Å². The zero-order valence-electron chi connectivity index (χ0n) is 15.9. The van der Waals surface area contributed by atoms with Crippen molar-refractivity contribution in [3.8, 4) is 0 Å². The Morgan fingerprint density at radius 1 is 1.36 bits per heavy atom. The van der Waals surface area contributed by atoms with Crippen LogP contribution in [-0.4, -0.2) is 25.7 Å². The Kier molecular flexibility index (Phi) is 5.41. The Morgan fingerprint density at radius 2 is 2.14 bits per heavy atom. The molecule has 3 aromatic rings. The molecule has 2 aromatic heterocycles. The molecular weight excluding hydrogens is 390 g/mol. The number of nitrogens with one attached hydrogen (secondary N) is 2. The van der Waals surface area contributed by atoms with E-state index in [9.17, 15) is 4.79 Å². The number of H-pyrrole nitrogens is 1. The summed E-state index contributed by atoms with van der Waals surface area (Å²) in [5.41, 5.74) is 1.00. The third kappa shape index (κ3) is 3.66. The number of thiazole rings is 1. The van der Waals surface area contributed by atoms with Gasteiger partial charge in [-0.2, -0.15) is 5.10 Å². The van der Waals surface area contributed by atoms with Crippen LogP contribution in [0.3, 0.4) is 0 Å². The number of rotatable bonds is 5. The average molecular weight is 414 g/mol. The highest BCUT2D eigenvalue weighted by molar-refractivity contribution is 7.71. The smallest absolute Gasteiger partial charge is 0.224 e. The summed E-state index contributed by atoms with van der Waals surface area (Å²) in [6, 6.07) is 8.32. The number of fused-ring (bicyclic) bond motifs is 1. The number of amides is 1. The van der Waals surface area contributed by atoms with E-state index in [1.54, 1.807) is 11.3 Å². The van der Waals surface area contributed by atoms with Gasteiger partial charge in [0, 0.05) is 12.0 Å². The molecule has 0 spiro atoms. The van der Waals surface area contributed by atoms with Crippen LogP contribution in [0, 0.1) is 10.7 Å². The fraction of sp³-hybridized carbons (Fsp3) is 0.400. The maximum absolute atomic E-state index is 13.0. The molecule has 4 rings (SSSR count). The van der Waals surface area contributed by atoms with Gasteiger partial charge in [-0.05, 0) is 51.0 Å². The number of aromatic nitrogens is 4. The number of hydrogen-bond acceptors (Lipinski definition) is 5. The van der Waals surface area contributed by atoms with E-state index in [1.807, 2.05) is 36.6 Å². The van der Waals surface area contributed by atoms with Gasteiger partial charge in [-0.25, -0.2) is 4.98 Å². The fourth-order valence-corrected chi connectivity index (χ4v) is 5.23. The van der Waals surface area contributed by atoms with E-state index < -0.39 is 0 Å². The molecule has 0 radical (unpaired) electrons. The molecule has 146 valence electrons. The number of benzene rings is 1. The lowest BCUT2D eigenvalue weighted by Gasteiger charge is -2.26. The largest absolute Gasteiger partial charge is 0.349 e. The highest BCUT2D eigenvalue weighted by Crippen LogP contribution is 2.38. The average Bonchev–Trinajstić information content (AvgIpc) is 3.29. The molecule has 8 heteroatoms. The molecule has 0 saturated carbocycles. The first-order chi connectivity index (χ1) is 13.5. The van der Waals surface area contributed by atoms with Crippen molar-refractivity contribution in [1.82, 2.24) is 25.1 Å². The van der Waals surface area contributed by atoms with E-state index >= 15 is 0 Å². The highest BCUT2D eigenvalue weighted by Gasteiger charge is 2.32. The molecule has 2 N–H and O–H groups in total. The molecule has 0 saturated heterocycles. The van der Waals surface area contributed by atoms with Crippen molar-refractivity contribution in [3.05, 3.63) is 52.0 Å². The van der Waals surface area contributed by atoms with Crippen molar-refractivity contribution in [3.63, 3.8) is 0 Å². The van der Waals surface area contributed by atoms with Crippen molar-refractivity contribution < 1.29 is 4.79 Å².